The lowest BCUT2D eigenvalue weighted by Crippen LogP contribution is -2.23. The van der Waals surface area contributed by atoms with Gasteiger partial charge in [0.25, 0.3) is 0 Å². The number of rotatable bonds is 4. The Kier molecular flexibility index (Phi) is 5.25. The van der Waals surface area contributed by atoms with E-state index in [1.54, 1.807) is 13.8 Å². The molecular formula is C7H12N2O4. The standard InChI is InChI=1S/C7H12N2O4/c1-3-5(6(10)11)8-9-7(12)13-4-2/h3-4H2,1-2H3,(H,9,12)(H,10,11)/b8-5+. The first-order chi connectivity index (χ1) is 6.11. The summed E-state index contributed by atoms with van der Waals surface area (Å²) in [6.07, 6.45) is -0.517. The highest BCUT2D eigenvalue weighted by atomic mass is 16.5. The van der Waals surface area contributed by atoms with Crippen molar-refractivity contribution in [3.8, 4) is 0 Å². The molecule has 6 nitrogen and oxygen atoms in total. The van der Waals surface area contributed by atoms with Gasteiger partial charge >= 0.3 is 12.1 Å². The molecule has 13 heavy (non-hydrogen) atoms. The van der Waals surface area contributed by atoms with E-state index in [2.05, 4.69) is 9.84 Å². The summed E-state index contributed by atoms with van der Waals surface area (Å²) in [4.78, 5) is 21.0. The predicted octanol–water partition coefficient (Wildman–Crippen LogP) is 0.583. The molecule has 0 aromatic heterocycles. The summed E-state index contributed by atoms with van der Waals surface area (Å²) < 4.78 is 4.47. The molecule has 1 amide bonds. The van der Waals surface area contributed by atoms with Crippen molar-refractivity contribution in [3.63, 3.8) is 0 Å². The average Bonchev–Trinajstić information content (AvgIpc) is 2.05. The molecule has 0 bridgehead atoms. The van der Waals surface area contributed by atoms with Gasteiger partial charge in [0, 0.05) is 0 Å². The quantitative estimate of drug-likeness (QED) is 0.499. The van der Waals surface area contributed by atoms with Gasteiger partial charge in [0.05, 0.1) is 6.61 Å². The van der Waals surface area contributed by atoms with Gasteiger partial charge in [-0.25, -0.2) is 15.0 Å². The highest BCUT2D eigenvalue weighted by Gasteiger charge is 2.07. The van der Waals surface area contributed by atoms with Crippen LogP contribution >= 0.6 is 0 Å². The summed E-state index contributed by atoms with van der Waals surface area (Å²) in [5.74, 6) is -1.15. The third-order valence-corrected chi connectivity index (χ3v) is 1.14. The molecule has 0 atom stereocenters. The van der Waals surface area contributed by atoms with Gasteiger partial charge in [-0.3, -0.25) is 0 Å². The summed E-state index contributed by atoms with van der Waals surface area (Å²) in [6.45, 7) is 3.48. The fourth-order valence-electron chi connectivity index (χ4n) is 0.555. The maximum absolute atomic E-state index is 10.7. The van der Waals surface area contributed by atoms with Crippen LogP contribution in [0.4, 0.5) is 4.79 Å². The fraction of sp³-hybridized carbons (Fsp3) is 0.571. The molecule has 0 heterocycles. The highest BCUT2D eigenvalue weighted by molar-refractivity contribution is 6.35. The molecule has 0 saturated carbocycles. The largest absolute Gasteiger partial charge is 0.477 e. The molecule has 0 aliphatic carbocycles. The molecule has 0 aliphatic rings. The number of carbonyl (C=O) groups excluding carboxylic acids is 1. The van der Waals surface area contributed by atoms with Crippen LogP contribution in [0.1, 0.15) is 20.3 Å². The van der Waals surface area contributed by atoms with E-state index in [0.717, 1.165) is 0 Å². The Morgan fingerprint density at radius 3 is 2.46 bits per heavy atom. The second-order valence-corrected chi connectivity index (χ2v) is 2.05. The topological polar surface area (TPSA) is 88.0 Å². The summed E-state index contributed by atoms with van der Waals surface area (Å²) in [7, 11) is 0. The van der Waals surface area contributed by atoms with Crippen LogP contribution in [0.2, 0.25) is 0 Å². The molecule has 0 aromatic carbocycles. The third kappa shape index (κ3) is 4.78. The van der Waals surface area contributed by atoms with Crippen molar-refractivity contribution >= 4 is 17.8 Å². The maximum atomic E-state index is 10.7. The number of nitrogens with one attached hydrogen (secondary N) is 1. The van der Waals surface area contributed by atoms with Crippen molar-refractivity contribution in [2.24, 2.45) is 5.10 Å². The summed E-state index contributed by atoms with van der Waals surface area (Å²) in [5, 5.41) is 11.8. The van der Waals surface area contributed by atoms with Crippen LogP contribution in [0.25, 0.3) is 0 Å². The number of aliphatic carboxylic acids is 1. The molecule has 0 fully saturated rings. The Bertz CT molecular complexity index is 225. The van der Waals surface area contributed by atoms with Gasteiger partial charge in [-0.15, -0.1) is 0 Å². The number of hydrazone groups is 1. The summed E-state index contributed by atoms with van der Waals surface area (Å²) in [6, 6.07) is 0. The van der Waals surface area contributed by atoms with Gasteiger partial charge in [0.15, 0.2) is 0 Å². The van der Waals surface area contributed by atoms with Crippen molar-refractivity contribution in [1.29, 1.82) is 0 Å². The monoisotopic (exact) mass is 188 g/mol. The number of amides is 1. The zero-order valence-electron chi connectivity index (χ0n) is 7.53. The Balaban J connectivity index is 4.06. The van der Waals surface area contributed by atoms with Crippen molar-refractivity contribution in [2.75, 3.05) is 6.61 Å². The summed E-state index contributed by atoms with van der Waals surface area (Å²) >= 11 is 0. The zero-order valence-corrected chi connectivity index (χ0v) is 7.53. The Morgan fingerprint density at radius 1 is 1.46 bits per heavy atom. The van der Waals surface area contributed by atoms with Crippen LogP contribution in [0, 0.1) is 0 Å². The van der Waals surface area contributed by atoms with Gasteiger partial charge in [-0.05, 0) is 13.3 Å². The number of hydrogen-bond acceptors (Lipinski definition) is 4. The molecule has 2 N–H and O–H groups in total. The smallest absolute Gasteiger partial charge is 0.427 e. The van der Waals surface area contributed by atoms with Gasteiger partial charge in [-0.2, -0.15) is 5.10 Å². The second-order valence-electron chi connectivity index (χ2n) is 2.05. The SMILES string of the molecule is CCOC(=O)N/N=C(\CC)C(=O)O. The van der Waals surface area contributed by atoms with E-state index in [-0.39, 0.29) is 18.7 Å². The number of ether oxygens (including phenoxy) is 1. The molecule has 0 aliphatic heterocycles. The highest BCUT2D eigenvalue weighted by Crippen LogP contribution is 1.85. The van der Waals surface area contributed by atoms with E-state index < -0.39 is 12.1 Å². The molecule has 0 spiro atoms. The molecule has 74 valence electrons. The van der Waals surface area contributed by atoms with Crippen LogP contribution in [0.15, 0.2) is 5.10 Å². The Labute approximate surface area is 75.6 Å². The number of nitrogens with zero attached hydrogens (tertiary/aromatic N) is 1. The van der Waals surface area contributed by atoms with Gasteiger partial charge in [0.1, 0.15) is 5.71 Å². The van der Waals surface area contributed by atoms with Gasteiger partial charge in [-0.1, -0.05) is 6.92 Å². The molecule has 0 radical (unpaired) electrons. The number of carboxylic acids is 1. The average molecular weight is 188 g/mol. The molecule has 6 heteroatoms. The molecule has 0 aromatic rings. The first kappa shape index (κ1) is 11.4. The van der Waals surface area contributed by atoms with Crippen LogP contribution in [0.3, 0.4) is 0 Å². The van der Waals surface area contributed by atoms with E-state index in [1.807, 2.05) is 5.43 Å². The van der Waals surface area contributed by atoms with Crippen LogP contribution in [-0.2, 0) is 9.53 Å². The van der Waals surface area contributed by atoms with Gasteiger partial charge in [0.2, 0.25) is 0 Å². The van der Waals surface area contributed by atoms with Crippen molar-refractivity contribution in [2.45, 2.75) is 20.3 Å². The van der Waals surface area contributed by atoms with E-state index in [9.17, 15) is 9.59 Å². The first-order valence-electron chi connectivity index (χ1n) is 3.84. The minimum absolute atomic E-state index is 0.118. The van der Waals surface area contributed by atoms with E-state index >= 15 is 0 Å². The van der Waals surface area contributed by atoms with Crippen molar-refractivity contribution < 1.29 is 19.4 Å². The maximum Gasteiger partial charge on any atom is 0.427 e. The van der Waals surface area contributed by atoms with Crippen molar-refractivity contribution in [1.82, 2.24) is 5.43 Å². The minimum atomic E-state index is -1.15. The number of carbonyl (C=O) groups is 2. The van der Waals surface area contributed by atoms with E-state index in [0.29, 0.717) is 0 Å². The van der Waals surface area contributed by atoms with Crippen LogP contribution < -0.4 is 5.43 Å². The van der Waals surface area contributed by atoms with E-state index in [4.69, 9.17) is 5.11 Å². The predicted molar refractivity (Wildman–Crippen MR) is 45.5 cm³/mol. The second kappa shape index (κ2) is 5.99. The molecule has 0 unspecified atom stereocenters. The van der Waals surface area contributed by atoms with Crippen LogP contribution in [0.5, 0.6) is 0 Å². The lowest BCUT2D eigenvalue weighted by Gasteiger charge is -2.00. The van der Waals surface area contributed by atoms with E-state index in [1.165, 1.54) is 0 Å². The Morgan fingerprint density at radius 2 is 2.08 bits per heavy atom. The van der Waals surface area contributed by atoms with Crippen LogP contribution in [-0.4, -0.2) is 29.5 Å². The molecule has 0 rings (SSSR count). The third-order valence-electron chi connectivity index (χ3n) is 1.14. The number of hydrogen-bond donors (Lipinski definition) is 2. The lowest BCUT2D eigenvalue weighted by atomic mass is 10.3. The molecular weight excluding hydrogens is 176 g/mol. The first-order valence-corrected chi connectivity index (χ1v) is 3.84. The lowest BCUT2D eigenvalue weighted by molar-refractivity contribution is -0.129. The normalized spacial score (nSPS) is 10.8. The summed E-state index contributed by atoms with van der Waals surface area (Å²) in [5.41, 5.74) is 1.84. The van der Waals surface area contributed by atoms with Gasteiger partial charge < -0.3 is 9.84 Å². The fourth-order valence-corrected chi connectivity index (χ4v) is 0.555. The van der Waals surface area contributed by atoms with Crippen molar-refractivity contribution in [3.05, 3.63) is 0 Å². The zero-order chi connectivity index (χ0) is 10.3. The number of carboxylic acid groups (broad SMARTS) is 1. The minimum Gasteiger partial charge on any atom is -0.477 e. The Hall–Kier alpha value is -1.59. The molecule has 0 saturated heterocycles.